The number of aryl methyl sites for hydroxylation is 2. The van der Waals surface area contributed by atoms with Crippen LogP contribution in [0.25, 0.3) is 10.9 Å². The Morgan fingerprint density at radius 2 is 2.17 bits per heavy atom. The molecule has 3 heteroatoms. The van der Waals surface area contributed by atoms with Gasteiger partial charge in [-0.1, -0.05) is 6.07 Å². The van der Waals surface area contributed by atoms with E-state index in [0.29, 0.717) is 0 Å². The zero-order valence-electron chi connectivity index (χ0n) is 10.3. The van der Waals surface area contributed by atoms with Crippen molar-refractivity contribution >= 4 is 22.2 Å². The molecule has 0 radical (unpaired) electrons. The fourth-order valence-electron chi connectivity index (χ4n) is 2.19. The Balaban J connectivity index is 1.84. The lowest BCUT2D eigenvalue weighted by Gasteiger charge is -2.05. The Hall–Kier alpha value is -1.74. The van der Waals surface area contributed by atoms with Gasteiger partial charge in [0.1, 0.15) is 5.75 Å². The van der Waals surface area contributed by atoms with Crippen molar-refractivity contribution in [2.24, 2.45) is 0 Å². The first-order valence-electron chi connectivity index (χ1n) is 6.02. The molecule has 3 aromatic rings. The molecule has 0 spiro atoms. The van der Waals surface area contributed by atoms with Crippen LogP contribution in [0.5, 0.6) is 5.75 Å². The summed E-state index contributed by atoms with van der Waals surface area (Å²) in [6.07, 6.45) is 3.24. The second kappa shape index (κ2) is 4.86. The third-order valence-corrected chi connectivity index (χ3v) is 4.09. The molecule has 0 fully saturated rings. The molecule has 2 aromatic heterocycles. The van der Waals surface area contributed by atoms with E-state index in [4.69, 9.17) is 4.74 Å². The molecule has 3 rings (SSSR count). The molecule has 2 heterocycles. The minimum absolute atomic E-state index is 0.915. The minimum Gasteiger partial charge on any atom is -0.497 e. The molecule has 0 unspecified atom stereocenters. The summed E-state index contributed by atoms with van der Waals surface area (Å²) >= 11 is 1.82. The number of ether oxygens (including phenoxy) is 1. The van der Waals surface area contributed by atoms with Gasteiger partial charge < -0.3 is 9.30 Å². The van der Waals surface area contributed by atoms with Gasteiger partial charge in [0.25, 0.3) is 0 Å². The van der Waals surface area contributed by atoms with E-state index in [1.807, 2.05) is 17.4 Å². The van der Waals surface area contributed by atoms with Gasteiger partial charge in [0, 0.05) is 28.5 Å². The molecule has 0 bridgehead atoms. The lowest BCUT2D eigenvalue weighted by atomic mass is 10.2. The summed E-state index contributed by atoms with van der Waals surface area (Å²) in [6, 6.07) is 12.7. The second-order valence-corrected chi connectivity index (χ2v) is 5.30. The number of thiophene rings is 1. The lowest BCUT2D eigenvalue weighted by Crippen LogP contribution is -1.98. The Morgan fingerprint density at radius 3 is 2.94 bits per heavy atom. The van der Waals surface area contributed by atoms with Gasteiger partial charge in [0.05, 0.1) is 7.11 Å². The van der Waals surface area contributed by atoms with Gasteiger partial charge in [-0.3, -0.25) is 0 Å². The van der Waals surface area contributed by atoms with Crippen LogP contribution >= 0.6 is 11.3 Å². The van der Waals surface area contributed by atoms with Gasteiger partial charge in [-0.2, -0.15) is 0 Å². The first-order chi connectivity index (χ1) is 8.86. The third kappa shape index (κ3) is 2.14. The highest BCUT2D eigenvalue weighted by atomic mass is 32.1. The minimum atomic E-state index is 0.915. The van der Waals surface area contributed by atoms with E-state index in [2.05, 4.69) is 46.5 Å². The van der Waals surface area contributed by atoms with Crippen molar-refractivity contribution in [3.05, 3.63) is 52.9 Å². The molecule has 0 aliphatic heterocycles. The number of nitrogens with zero attached hydrogens (tertiary/aromatic N) is 1. The zero-order valence-corrected chi connectivity index (χ0v) is 11.1. The van der Waals surface area contributed by atoms with E-state index in [0.717, 1.165) is 18.7 Å². The van der Waals surface area contributed by atoms with E-state index in [-0.39, 0.29) is 0 Å². The summed E-state index contributed by atoms with van der Waals surface area (Å²) < 4.78 is 7.54. The Bertz CT molecular complexity index is 640. The zero-order chi connectivity index (χ0) is 12.4. The van der Waals surface area contributed by atoms with Gasteiger partial charge in [-0.15, -0.1) is 11.3 Å². The quantitative estimate of drug-likeness (QED) is 0.690. The Labute approximate surface area is 110 Å². The number of methoxy groups -OCH3 is 1. The molecule has 0 N–H and O–H groups in total. The van der Waals surface area contributed by atoms with Crippen LogP contribution in [0.2, 0.25) is 0 Å². The van der Waals surface area contributed by atoms with Crippen LogP contribution in [0.4, 0.5) is 0 Å². The van der Waals surface area contributed by atoms with E-state index in [1.165, 1.54) is 15.8 Å². The fourth-order valence-corrected chi connectivity index (χ4v) is 2.88. The molecule has 1 aromatic carbocycles. The predicted octanol–water partition coefficient (Wildman–Crippen LogP) is 3.95. The van der Waals surface area contributed by atoms with Crippen molar-refractivity contribution in [3.8, 4) is 5.75 Å². The van der Waals surface area contributed by atoms with Crippen LogP contribution in [0.15, 0.2) is 48.0 Å². The van der Waals surface area contributed by atoms with Crippen molar-refractivity contribution in [2.45, 2.75) is 13.0 Å². The number of hydrogen-bond donors (Lipinski definition) is 0. The van der Waals surface area contributed by atoms with Crippen molar-refractivity contribution < 1.29 is 4.74 Å². The molecule has 92 valence electrons. The Morgan fingerprint density at radius 1 is 1.22 bits per heavy atom. The monoisotopic (exact) mass is 257 g/mol. The van der Waals surface area contributed by atoms with Crippen LogP contribution in [0, 0.1) is 0 Å². The van der Waals surface area contributed by atoms with Crippen LogP contribution in [0.1, 0.15) is 4.88 Å². The summed E-state index contributed by atoms with van der Waals surface area (Å²) in [5, 5.41) is 3.37. The van der Waals surface area contributed by atoms with Gasteiger partial charge >= 0.3 is 0 Å². The number of fused-ring (bicyclic) bond motifs is 1. The van der Waals surface area contributed by atoms with Crippen molar-refractivity contribution in [1.82, 2.24) is 4.57 Å². The number of aromatic nitrogens is 1. The molecule has 0 aliphatic carbocycles. The van der Waals surface area contributed by atoms with Crippen LogP contribution in [-0.4, -0.2) is 11.7 Å². The molecule has 0 saturated carbocycles. The normalized spacial score (nSPS) is 10.9. The lowest BCUT2D eigenvalue weighted by molar-refractivity contribution is 0.415. The molecular formula is C15H15NOS. The average molecular weight is 257 g/mol. The highest BCUT2D eigenvalue weighted by molar-refractivity contribution is 7.09. The largest absolute Gasteiger partial charge is 0.497 e. The molecule has 0 atom stereocenters. The number of rotatable bonds is 4. The highest BCUT2D eigenvalue weighted by Crippen LogP contribution is 2.22. The smallest absolute Gasteiger partial charge is 0.119 e. The van der Waals surface area contributed by atoms with E-state index in [1.54, 1.807) is 7.11 Å². The van der Waals surface area contributed by atoms with Gasteiger partial charge in [0.15, 0.2) is 0 Å². The van der Waals surface area contributed by atoms with E-state index >= 15 is 0 Å². The fraction of sp³-hybridized carbons (Fsp3) is 0.200. The molecule has 2 nitrogen and oxygen atoms in total. The van der Waals surface area contributed by atoms with Gasteiger partial charge in [-0.25, -0.2) is 0 Å². The van der Waals surface area contributed by atoms with Crippen LogP contribution < -0.4 is 4.74 Å². The van der Waals surface area contributed by atoms with Crippen molar-refractivity contribution in [3.63, 3.8) is 0 Å². The van der Waals surface area contributed by atoms with Crippen LogP contribution in [0.3, 0.4) is 0 Å². The van der Waals surface area contributed by atoms with Gasteiger partial charge in [0.2, 0.25) is 0 Å². The summed E-state index contributed by atoms with van der Waals surface area (Å²) in [7, 11) is 1.70. The summed E-state index contributed by atoms with van der Waals surface area (Å²) in [5.41, 5.74) is 1.27. The first-order valence-corrected chi connectivity index (χ1v) is 6.90. The third-order valence-electron chi connectivity index (χ3n) is 3.16. The average Bonchev–Trinajstić information content (AvgIpc) is 3.05. The second-order valence-electron chi connectivity index (χ2n) is 4.26. The van der Waals surface area contributed by atoms with E-state index in [9.17, 15) is 0 Å². The Kier molecular flexibility index (Phi) is 3.07. The molecule has 0 saturated heterocycles. The highest BCUT2D eigenvalue weighted by Gasteiger charge is 2.03. The maximum Gasteiger partial charge on any atom is 0.119 e. The molecule has 18 heavy (non-hydrogen) atoms. The van der Waals surface area contributed by atoms with E-state index < -0.39 is 0 Å². The van der Waals surface area contributed by atoms with Crippen LogP contribution in [-0.2, 0) is 13.0 Å². The SMILES string of the molecule is COc1ccc2c(ccn2CCc2cccs2)c1. The molecular weight excluding hydrogens is 242 g/mol. The molecule has 0 amide bonds. The summed E-state index contributed by atoms with van der Waals surface area (Å²) in [6.45, 7) is 1.02. The first kappa shape index (κ1) is 11.4. The number of hydrogen-bond acceptors (Lipinski definition) is 2. The predicted molar refractivity (Wildman–Crippen MR) is 76.5 cm³/mol. The maximum atomic E-state index is 5.24. The standard InChI is InChI=1S/C15H15NOS/c1-17-13-4-5-15-12(11-13)6-8-16(15)9-7-14-3-2-10-18-14/h2-6,8,10-11H,7,9H2,1H3. The van der Waals surface area contributed by atoms with Gasteiger partial charge in [-0.05, 0) is 42.1 Å². The molecule has 0 aliphatic rings. The summed E-state index contributed by atoms with van der Waals surface area (Å²) in [5.74, 6) is 0.915. The number of benzene rings is 1. The topological polar surface area (TPSA) is 14.2 Å². The maximum absolute atomic E-state index is 5.24. The summed E-state index contributed by atoms with van der Waals surface area (Å²) in [4.78, 5) is 1.44. The van der Waals surface area contributed by atoms with Crippen molar-refractivity contribution in [2.75, 3.05) is 7.11 Å². The van der Waals surface area contributed by atoms with Crippen molar-refractivity contribution in [1.29, 1.82) is 0 Å².